The van der Waals surface area contributed by atoms with Crippen LogP contribution >= 0.6 is 11.6 Å². The molecular formula is C18H28ClN5O2. The molecule has 0 aliphatic carbocycles. The monoisotopic (exact) mass is 381 g/mol. The van der Waals surface area contributed by atoms with Crippen molar-refractivity contribution in [2.45, 2.75) is 45.6 Å². The Balaban J connectivity index is 1.68. The number of anilines is 2. The SMILES string of the molecule is CC(C)(C)OC(=O)N1CCCN(c2cc(N3CCCC3)nc(Cl)n2)CC1. The fourth-order valence-corrected chi connectivity index (χ4v) is 3.49. The summed E-state index contributed by atoms with van der Waals surface area (Å²) in [6, 6.07) is 2.01. The van der Waals surface area contributed by atoms with E-state index in [1.807, 2.05) is 26.8 Å². The first-order chi connectivity index (χ1) is 12.3. The summed E-state index contributed by atoms with van der Waals surface area (Å²) in [5.74, 6) is 1.73. The Morgan fingerprint density at radius 2 is 1.54 bits per heavy atom. The van der Waals surface area contributed by atoms with Crippen molar-refractivity contribution < 1.29 is 9.53 Å². The van der Waals surface area contributed by atoms with Gasteiger partial charge in [0.2, 0.25) is 5.28 Å². The summed E-state index contributed by atoms with van der Waals surface area (Å²) < 4.78 is 5.49. The molecule has 2 aliphatic heterocycles. The van der Waals surface area contributed by atoms with E-state index in [-0.39, 0.29) is 11.4 Å². The maximum absolute atomic E-state index is 12.3. The molecule has 0 spiro atoms. The lowest BCUT2D eigenvalue weighted by Crippen LogP contribution is -2.39. The first-order valence-corrected chi connectivity index (χ1v) is 9.72. The highest BCUT2D eigenvalue weighted by Gasteiger charge is 2.25. The van der Waals surface area contributed by atoms with Crippen molar-refractivity contribution in [3.63, 3.8) is 0 Å². The molecule has 0 saturated carbocycles. The quantitative estimate of drug-likeness (QED) is 0.733. The Labute approximate surface area is 160 Å². The molecule has 1 amide bonds. The lowest BCUT2D eigenvalue weighted by Gasteiger charge is -2.27. The average molecular weight is 382 g/mol. The van der Waals surface area contributed by atoms with Crippen LogP contribution in [0.1, 0.15) is 40.0 Å². The minimum atomic E-state index is -0.478. The number of amides is 1. The zero-order chi connectivity index (χ0) is 18.7. The van der Waals surface area contributed by atoms with Crippen LogP contribution in [-0.2, 0) is 4.74 Å². The van der Waals surface area contributed by atoms with E-state index in [4.69, 9.17) is 16.3 Å². The van der Waals surface area contributed by atoms with Gasteiger partial charge in [-0.3, -0.25) is 0 Å². The molecule has 3 rings (SSSR count). The van der Waals surface area contributed by atoms with Gasteiger partial charge in [-0.15, -0.1) is 0 Å². The molecule has 2 fully saturated rings. The largest absolute Gasteiger partial charge is 0.444 e. The number of hydrogen-bond acceptors (Lipinski definition) is 6. The summed E-state index contributed by atoms with van der Waals surface area (Å²) >= 11 is 6.18. The number of ether oxygens (including phenoxy) is 1. The van der Waals surface area contributed by atoms with Crippen molar-refractivity contribution in [3.05, 3.63) is 11.3 Å². The van der Waals surface area contributed by atoms with Gasteiger partial charge in [0.25, 0.3) is 0 Å². The number of carbonyl (C=O) groups is 1. The summed E-state index contributed by atoms with van der Waals surface area (Å²) in [7, 11) is 0. The molecule has 0 atom stereocenters. The van der Waals surface area contributed by atoms with Crippen molar-refractivity contribution in [1.29, 1.82) is 0 Å². The third kappa shape index (κ3) is 4.90. The van der Waals surface area contributed by atoms with Crippen molar-refractivity contribution in [2.75, 3.05) is 49.1 Å². The van der Waals surface area contributed by atoms with Gasteiger partial charge in [-0.1, -0.05) is 0 Å². The van der Waals surface area contributed by atoms with E-state index in [1.54, 1.807) is 4.90 Å². The minimum Gasteiger partial charge on any atom is -0.444 e. The van der Waals surface area contributed by atoms with Crippen molar-refractivity contribution in [2.24, 2.45) is 0 Å². The van der Waals surface area contributed by atoms with Gasteiger partial charge < -0.3 is 19.4 Å². The van der Waals surface area contributed by atoms with Crippen LogP contribution in [0.25, 0.3) is 0 Å². The van der Waals surface area contributed by atoms with Crippen molar-refractivity contribution >= 4 is 29.3 Å². The Bertz CT molecular complexity index is 643. The molecule has 3 heterocycles. The molecule has 144 valence electrons. The number of hydrogen-bond donors (Lipinski definition) is 0. The lowest BCUT2D eigenvalue weighted by atomic mass is 10.2. The van der Waals surface area contributed by atoms with E-state index in [0.29, 0.717) is 19.6 Å². The summed E-state index contributed by atoms with van der Waals surface area (Å²) in [4.78, 5) is 27.3. The van der Waals surface area contributed by atoms with Gasteiger partial charge in [0.15, 0.2) is 0 Å². The number of halogens is 1. The topological polar surface area (TPSA) is 61.8 Å². The van der Waals surface area contributed by atoms with Crippen molar-refractivity contribution in [3.8, 4) is 0 Å². The summed E-state index contributed by atoms with van der Waals surface area (Å²) in [6.45, 7) is 10.5. The fourth-order valence-electron chi connectivity index (χ4n) is 3.32. The molecule has 2 saturated heterocycles. The van der Waals surface area contributed by atoms with E-state index in [1.165, 1.54) is 12.8 Å². The highest BCUT2D eigenvalue weighted by atomic mass is 35.5. The van der Waals surface area contributed by atoms with E-state index in [0.717, 1.165) is 37.7 Å². The van der Waals surface area contributed by atoms with Gasteiger partial charge in [0.1, 0.15) is 17.2 Å². The predicted octanol–water partition coefficient (Wildman–Crippen LogP) is 3.18. The van der Waals surface area contributed by atoms with Crippen LogP contribution in [0.15, 0.2) is 6.07 Å². The van der Waals surface area contributed by atoms with Crippen LogP contribution in [0.3, 0.4) is 0 Å². The number of nitrogens with zero attached hydrogens (tertiary/aromatic N) is 5. The van der Waals surface area contributed by atoms with Crippen LogP contribution in [0.5, 0.6) is 0 Å². The predicted molar refractivity (Wildman–Crippen MR) is 103 cm³/mol. The Hall–Kier alpha value is -1.76. The zero-order valence-electron chi connectivity index (χ0n) is 15.9. The summed E-state index contributed by atoms with van der Waals surface area (Å²) in [6.07, 6.45) is 2.98. The zero-order valence-corrected chi connectivity index (χ0v) is 16.6. The number of carbonyl (C=O) groups excluding carboxylic acids is 1. The molecule has 2 aliphatic rings. The number of aromatic nitrogens is 2. The molecule has 1 aromatic rings. The normalized spacial score (nSPS) is 18.8. The molecule has 1 aromatic heterocycles. The average Bonchev–Trinajstić information content (AvgIpc) is 2.97. The molecule has 26 heavy (non-hydrogen) atoms. The standard InChI is InChI=1S/C18H28ClN5O2/c1-18(2,3)26-17(25)24-10-6-9-23(11-12-24)15-13-14(20-16(19)21-15)22-7-4-5-8-22/h13H,4-12H2,1-3H3. The summed E-state index contributed by atoms with van der Waals surface area (Å²) in [5, 5.41) is 0.276. The third-order valence-electron chi connectivity index (χ3n) is 4.57. The maximum Gasteiger partial charge on any atom is 0.410 e. The van der Waals surface area contributed by atoms with Gasteiger partial charge in [-0.2, -0.15) is 0 Å². The highest BCUT2D eigenvalue weighted by Crippen LogP contribution is 2.25. The van der Waals surface area contributed by atoms with Gasteiger partial charge in [-0.25, -0.2) is 14.8 Å². The second-order valence-electron chi connectivity index (χ2n) is 7.86. The maximum atomic E-state index is 12.3. The molecule has 0 N–H and O–H groups in total. The van der Waals surface area contributed by atoms with Crippen LogP contribution in [0, 0.1) is 0 Å². The van der Waals surface area contributed by atoms with Gasteiger partial charge in [0.05, 0.1) is 0 Å². The molecule has 7 nitrogen and oxygen atoms in total. The first-order valence-electron chi connectivity index (χ1n) is 9.34. The third-order valence-corrected chi connectivity index (χ3v) is 4.74. The van der Waals surface area contributed by atoms with E-state index >= 15 is 0 Å². The molecule has 0 radical (unpaired) electrons. The second kappa shape index (κ2) is 7.86. The highest BCUT2D eigenvalue weighted by molar-refractivity contribution is 6.28. The van der Waals surface area contributed by atoms with Crippen molar-refractivity contribution in [1.82, 2.24) is 14.9 Å². The first kappa shape index (κ1) is 19.0. The molecule has 8 heteroatoms. The van der Waals surface area contributed by atoms with E-state index in [9.17, 15) is 4.79 Å². The molecule has 0 unspecified atom stereocenters. The number of rotatable bonds is 2. The van der Waals surface area contributed by atoms with Crippen LogP contribution in [0.2, 0.25) is 5.28 Å². The lowest BCUT2D eigenvalue weighted by molar-refractivity contribution is 0.0263. The van der Waals surface area contributed by atoms with E-state index < -0.39 is 5.60 Å². The van der Waals surface area contributed by atoms with Crippen LogP contribution in [0.4, 0.5) is 16.4 Å². The fraction of sp³-hybridized carbons (Fsp3) is 0.722. The minimum absolute atomic E-state index is 0.252. The smallest absolute Gasteiger partial charge is 0.410 e. The molecule has 0 aromatic carbocycles. The summed E-state index contributed by atoms with van der Waals surface area (Å²) in [5.41, 5.74) is -0.478. The Morgan fingerprint density at radius 3 is 2.15 bits per heavy atom. The molecule has 0 bridgehead atoms. The molecular weight excluding hydrogens is 354 g/mol. The van der Waals surface area contributed by atoms with Gasteiger partial charge >= 0.3 is 6.09 Å². The van der Waals surface area contributed by atoms with Crippen LogP contribution < -0.4 is 9.80 Å². The van der Waals surface area contributed by atoms with Crippen LogP contribution in [-0.4, -0.2) is 65.8 Å². The van der Waals surface area contributed by atoms with Gasteiger partial charge in [-0.05, 0) is 51.6 Å². The second-order valence-corrected chi connectivity index (χ2v) is 8.19. The Morgan fingerprint density at radius 1 is 0.962 bits per heavy atom. The van der Waals surface area contributed by atoms with E-state index in [2.05, 4.69) is 19.8 Å². The Kier molecular flexibility index (Phi) is 5.75. The van der Waals surface area contributed by atoms with Gasteiger partial charge in [0, 0.05) is 45.3 Å².